The molecular formula is C10H12O. The van der Waals surface area contributed by atoms with Crippen molar-refractivity contribution in [1.29, 1.82) is 0 Å². The van der Waals surface area contributed by atoms with E-state index in [1.807, 2.05) is 6.08 Å². The molecule has 1 N–H and O–H groups in total. The van der Waals surface area contributed by atoms with Gasteiger partial charge in [-0.05, 0) is 24.2 Å². The number of hydrogen-bond donors (Lipinski definition) is 1. The molecule has 3 aliphatic carbocycles. The van der Waals surface area contributed by atoms with Crippen LogP contribution in [0.25, 0.3) is 0 Å². The van der Waals surface area contributed by atoms with Gasteiger partial charge in [-0.1, -0.05) is 24.3 Å². The Labute approximate surface area is 66.4 Å². The maximum Gasteiger partial charge on any atom is 0.0760 e. The van der Waals surface area contributed by atoms with Crippen LogP contribution < -0.4 is 0 Å². The third kappa shape index (κ3) is 0.603. The number of rotatable bonds is 0. The van der Waals surface area contributed by atoms with Crippen LogP contribution >= 0.6 is 0 Å². The molecule has 0 aromatic heterocycles. The summed E-state index contributed by atoms with van der Waals surface area (Å²) in [5.41, 5.74) is 0. The highest BCUT2D eigenvalue weighted by Gasteiger charge is 2.48. The number of aliphatic hydroxyl groups excluding tert-OH is 1. The minimum atomic E-state index is -0.153. The molecule has 58 valence electrons. The molecule has 0 aromatic rings. The summed E-state index contributed by atoms with van der Waals surface area (Å²) in [6.07, 6.45) is 9.94. The number of allylic oxidation sites excluding steroid dienone is 3. The molecule has 0 heterocycles. The normalized spacial score (nSPS) is 57.4. The molecule has 0 saturated heterocycles. The van der Waals surface area contributed by atoms with Crippen LogP contribution in [-0.4, -0.2) is 11.2 Å². The van der Waals surface area contributed by atoms with Crippen molar-refractivity contribution >= 4 is 0 Å². The van der Waals surface area contributed by atoms with Crippen molar-refractivity contribution in [2.45, 2.75) is 12.5 Å². The minimum absolute atomic E-state index is 0.153. The zero-order valence-corrected chi connectivity index (χ0v) is 6.35. The van der Waals surface area contributed by atoms with Gasteiger partial charge in [0.2, 0.25) is 0 Å². The van der Waals surface area contributed by atoms with E-state index in [0.29, 0.717) is 17.8 Å². The second-order valence-electron chi connectivity index (χ2n) is 3.98. The maximum absolute atomic E-state index is 9.60. The summed E-state index contributed by atoms with van der Waals surface area (Å²) in [6.45, 7) is 0. The van der Waals surface area contributed by atoms with E-state index in [0.717, 1.165) is 5.92 Å². The van der Waals surface area contributed by atoms with E-state index < -0.39 is 0 Å². The Kier molecular flexibility index (Phi) is 0.972. The zero-order valence-electron chi connectivity index (χ0n) is 6.35. The van der Waals surface area contributed by atoms with Crippen molar-refractivity contribution in [1.82, 2.24) is 0 Å². The van der Waals surface area contributed by atoms with E-state index in [2.05, 4.69) is 18.2 Å². The van der Waals surface area contributed by atoms with Crippen LogP contribution in [0.3, 0.4) is 0 Å². The molecule has 1 heteroatoms. The highest BCUT2D eigenvalue weighted by atomic mass is 16.3. The minimum Gasteiger partial charge on any atom is -0.389 e. The molecule has 1 nitrogen and oxygen atoms in total. The predicted molar refractivity (Wildman–Crippen MR) is 42.9 cm³/mol. The van der Waals surface area contributed by atoms with E-state index in [1.165, 1.54) is 6.42 Å². The van der Waals surface area contributed by atoms with Gasteiger partial charge in [-0.15, -0.1) is 0 Å². The summed E-state index contributed by atoms with van der Waals surface area (Å²) < 4.78 is 0. The lowest BCUT2D eigenvalue weighted by Gasteiger charge is -2.22. The van der Waals surface area contributed by atoms with Crippen LogP contribution in [0.15, 0.2) is 24.3 Å². The second kappa shape index (κ2) is 1.78. The molecule has 0 unspecified atom stereocenters. The summed E-state index contributed by atoms with van der Waals surface area (Å²) in [6, 6.07) is 0. The van der Waals surface area contributed by atoms with Crippen LogP contribution in [0.5, 0.6) is 0 Å². The fourth-order valence-corrected chi connectivity index (χ4v) is 3.02. The Morgan fingerprint density at radius 1 is 1.00 bits per heavy atom. The first-order valence-electron chi connectivity index (χ1n) is 4.41. The molecule has 11 heavy (non-hydrogen) atoms. The van der Waals surface area contributed by atoms with Crippen LogP contribution in [0, 0.1) is 23.7 Å². The lowest BCUT2D eigenvalue weighted by molar-refractivity contribution is 0.132. The van der Waals surface area contributed by atoms with E-state index in [4.69, 9.17) is 0 Å². The summed E-state index contributed by atoms with van der Waals surface area (Å²) in [7, 11) is 0. The van der Waals surface area contributed by atoms with Crippen molar-refractivity contribution in [2.75, 3.05) is 0 Å². The van der Waals surface area contributed by atoms with E-state index in [1.54, 1.807) is 0 Å². The quantitative estimate of drug-likeness (QED) is 0.514. The monoisotopic (exact) mass is 148 g/mol. The van der Waals surface area contributed by atoms with Crippen molar-refractivity contribution in [3.8, 4) is 0 Å². The maximum atomic E-state index is 9.60. The second-order valence-corrected chi connectivity index (χ2v) is 3.98. The Bertz CT molecular complexity index is 241. The third-order valence-electron chi connectivity index (χ3n) is 3.51. The van der Waals surface area contributed by atoms with Gasteiger partial charge in [0.15, 0.2) is 0 Å². The molecule has 0 amide bonds. The topological polar surface area (TPSA) is 20.2 Å². The van der Waals surface area contributed by atoms with Gasteiger partial charge >= 0.3 is 0 Å². The average Bonchev–Trinajstić information content (AvgIpc) is 2.60. The third-order valence-corrected chi connectivity index (χ3v) is 3.51. The van der Waals surface area contributed by atoms with Crippen molar-refractivity contribution < 1.29 is 5.11 Å². The SMILES string of the molecule is O[C@@H]1C=C[C@@H]2[C@H]1[C@H]1C=C[C@@H]2C1. The lowest BCUT2D eigenvalue weighted by Crippen LogP contribution is -2.23. The largest absolute Gasteiger partial charge is 0.389 e. The number of fused-ring (bicyclic) bond motifs is 5. The summed E-state index contributed by atoms with van der Waals surface area (Å²) in [5.74, 6) is 2.62. The van der Waals surface area contributed by atoms with E-state index in [9.17, 15) is 5.11 Å². The molecule has 0 spiro atoms. The van der Waals surface area contributed by atoms with Gasteiger partial charge in [-0.3, -0.25) is 0 Å². The molecule has 0 aromatic carbocycles. The van der Waals surface area contributed by atoms with Gasteiger partial charge in [0.25, 0.3) is 0 Å². The van der Waals surface area contributed by atoms with E-state index in [-0.39, 0.29) is 6.10 Å². The van der Waals surface area contributed by atoms with Gasteiger partial charge in [0.05, 0.1) is 6.10 Å². The molecule has 5 atom stereocenters. The molecule has 0 aliphatic heterocycles. The molecule has 1 fully saturated rings. The highest BCUT2D eigenvalue weighted by Crippen LogP contribution is 2.52. The first-order chi connectivity index (χ1) is 5.36. The van der Waals surface area contributed by atoms with Gasteiger partial charge in [-0.25, -0.2) is 0 Å². The van der Waals surface area contributed by atoms with E-state index >= 15 is 0 Å². The summed E-state index contributed by atoms with van der Waals surface area (Å²) in [4.78, 5) is 0. The molecule has 3 aliphatic rings. The Morgan fingerprint density at radius 3 is 2.64 bits per heavy atom. The Morgan fingerprint density at radius 2 is 1.82 bits per heavy atom. The summed E-state index contributed by atoms with van der Waals surface area (Å²) >= 11 is 0. The number of hydrogen-bond acceptors (Lipinski definition) is 1. The van der Waals surface area contributed by atoms with Crippen LogP contribution in [-0.2, 0) is 0 Å². The van der Waals surface area contributed by atoms with Gasteiger partial charge in [0.1, 0.15) is 0 Å². The first kappa shape index (κ1) is 6.01. The molecule has 1 saturated carbocycles. The fourth-order valence-electron chi connectivity index (χ4n) is 3.02. The molecule has 2 bridgehead atoms. The van der Waals surface area contributed by atoms with Gasteiger partial charge in [-0.2, -0.15) is 0 Å². The Hall–Kier alpha value is -0.560. The Balaban J connectivity index is 2.02. The highest BCUT2D eigenvalue weighted by molar-refractivity contribution is 5.24. The van der Waals surface area contributed by atoms with Gasteiger partial charge in [0, 0.05) is 5.92 Å². The van der Waals surface area contributed by atoms with Gasteiger partial charge < -0.3 is 5.11 Å². The fraction of sp³-hybridized carbons (Fsp3) is 0.600. The zero-order chi connectivity index (χ0) is 7.42. The number of aliphatic hydroxyl groups is 1. The summed E-state index contributed by atoms with van der Waals surface area (Å²) in [5, 5.41) is 9.60. The van der Waals surface area contributed by atoms with Crippen molar-refractivity contribution in [3.05, 3.63) is 24.3 Å². The van der Waals surface area contributed by atoms with Crippen LogP contribution in [0.1, 0.15) is 6.42 Å². The smallest absolute Gasteiger partial charge is 0.0760 e. The van der Waals surface area contributed by atoms with Crippen molar-refractivity contribution in [2.24, 2.45) is 23.7 Å². The van der Waals surface area contributed by atoms with Crippen LogP contribution in [0.2, 0.25) is 0 Å². The van der Waals surface area contributed by atoms with Crippen LogP contribution in [0.4, 0.5) is 0 Å². The first-order valence-corrected chi connectivity index (χ1v) is 4.41. The molecule has 3 rings (SSSR count). The predicted octanol–water partition coefficient (Wildman–Crippen LogP) is 1.36. The lowest BCUT2D eigenvalue weighted by atomic mass is 9.84. The van der Waals surface area contributed by atoms with Crippen molar-refractivity contribution in [3.63, 3.8) is 0 Å². The molecule has 0 radical (unpaired) electrons. The average molecular weight is 148 g/mol. The standard InChI is InChI=1S/C10H12O/c11-9-4-3-8-6-1-2-7(5-6)10(8)9/h1-4,6-11H,5H2/t6-,7+,8+,9-,10-/m1/s1. The molecular weight excluding hydrogens is 136 g/mol.